The zero-order chi connectivity index (χ0) is 24.6. The van der Waals surface area contributed by atoms with Crippen LogP contribution in [-0.4, -0.2) is 33.3 Å². The highest BCUT2D eigenvalue weighted by Crippen LogP contribution is 2.41. The lowest BCUT2D eigenvalue weighted by atomic mass is 9.77. The van der Waals surface area contributed by atoms with Gasteiger partial charge in [0.2, 0.25) is 5.91 Å². The largest absolute Gasteiger partial charge is 0.365 e. The number of benzene rings is 1. The van der Waals surface area contributed by atoms with Gasteiger partial charge in [0, 0.05) is 55.4 Å². The maximum absolute atomic E-state index is 13.2. The van der Waals surface area contributed by atoms with Crippen LogP contribution in [0.15, 0.2) is 61.1 Å². The van der Waals surface area contributed by atoms with Crippen molar-refractivity contribution < 1.29 is 9.59 Å². The molecule has 0 aliphatic carbocycles. The molecule has 0 saturated heterocycles. The first kappa shape index (κ1) is 22.6. The third-order valence-corrected chi connectivity index (χ3v) is 6.67. The van der Waals surface area contributed by atoms with E-state index < -0.39 is 0 Å². The van der Waals surface area contributed by atoms with Crippen LogP contribution in [0, 0.1) is 0 Å². The monoisotopic (exact) mass is 468 g/mol. The number of H-pyrrole nitrogens is 1. The summed E-state index contributed by atoms with van der Waals surface area (Å²) in [4.78, 5) is 39.1. The third kappa shape index (κ3) is 4.35. The molecule has 0 saturated carbocycles. The first-order valence-electron chi connectivity index (χ1n) is 11.7. The lowest BCUT2D eigenvalue weighted by molar-refractivity contribution is -0.116. The fraction of sp³-hybridized carbons (Fsp3) is 0.259. The third-order valence-electron chi connectivity index (χ3n) is 6.67. The van der Waals surface area contributed by atoms with Gasteiger partial charge in [0.05, 0.1) is 5.56 Å². The highest BCUT2D eigenvalue weighted by atomic mass is 16.2. The van der Waals surface area contributed by atoms with Gasteiger partial charge < -0.3 is 20.5 Å². The van der Waals surface area contributed by atoms with E-state index in [2.05, 4.69) is 39.4 Å². The number of carbonyl (C=O) groups excluding carboxylic acids is 2. The van der Waals surface area contributed by atoms with E-state index in [9.17, 15) is 9.59 Å². The van der Waals surface area contributed by atoms with E-state index in [4.69, 9.17) is 0 Å². The molecule has 4 aromatic rings. The maximum Gasteiger partial charge on any atom is 0.259 e. The highest BCUT2D eigenvalue weighted by Gasteiger charge is 2.33. The van der Waals surface area contributed by atoms with Crippen LogP contribution < -0.4 is 15.5 Å². The number of carbonyl (C=O) groups is 2. The number of nitrogens with one attached hydrogen (secondary N) is 3. The summed E-state index contributed by atoms with van der Waals surface area (Å²) in [6, 6.07) is 13.2. The molecule has 0 atom stereocenters. The standard InChI is InChI=1S/C27H28N6O2/c1-17(34)33-14-10-27(2,3)22-7-6-19(15-23(22)33)32-26(35)21-5-4-11-28-25(21)31-16-18-8-12-29-24-20(18)9-13-30-24/h4-9,11-13,15H,10,14,16H2,1-3H3,(H,28,31)(H,29,30)(H,32,35). The zero-order valence-electron chi connectivity index (χ0n) is 20.1. The summed E-state index contributed by atoms with van der Waals surface area (Å²) < 4.78 is 0. The normalized spacial score (nSPS) is 14.4. The van der Waals surface area contributed by atoms with Crippen molar-refractivity contribution in [2.45, 2.75) is 39.2 Å². The van der Waals surface area contributed by atoms with E-state index >= 15 is 0 Å². The van der Waals surface area contributed by atoms with Crippen LogP contribution in [0.3, 0.4) is 0 Å². The molecule has 8 nitrogen and oxygen atoms in total. The predicted octanol–water partition coefficient (Wildman–Crippen LogP) is 4.86. The number of rotatable bonds is 5. The predicted molar refractivity (Wildman–Crippen MR) is 138 cm³/mol. The number of aromatic nitrogens is 3. The topological polar surface area (TPSA) is 103 Å². The minimum absolute atomic E-state index is 0.00313. The minimum Gasteiger partial charge on any atom is -0.365 e. The van der Waals surface area contributed by atoms with Crippen LogP contribution in [0.2, 0.25) is 0 Å². The SMILES string of the molecule is CC(=O)N1CCC(C)(C)c2ccc(NC(=O)c3cccnc3NCc3ccnc4[nH]ccc34)cc21. The number of aromatic amines is 1. The maximum atomic E-state index is 13.2. The summed E-state index contributed by atoms with van der Waals surface area (Å²) in [6.45, 7) is 7.09. The van der Waals surface area contributed by atoms with Crippen LogP contribution in [0.1, 0.15) is 48.7 Å². The molecular weight excluding hydrogens is 440 g/mol. The molecule has 0 unspecified atom stereocenters. The summed E-state index contributed by atoms with van der Waals surface area (Å²) >= 11 is 0. The molecule has 2 amide bonds. The molecule has 1 aliphatic heterocycles. The molecule has 1 aromatic carbocycles. The Hall–Kier alpha value is -4.20. The van der Waals surface area contributed by atoms with E-state index in [0.29, 0.717) is 30.2 Å². The van der Waals surface area contributed by atoms with Gasteiger partial charge in [-0.1, -0.05) is 19.9 Å². The number of amides is 2. The average Bonchev–Trinajstić information content (AvgIpc) is 3.32. The molecule has 0 fully saturated rings. The van der Waals surface area contributed by atoms with Gasteiger partial charge in [0.1, 0.15) is 11.5 Å². The van der Waals surface area contributed by atoms with Crippen LogP contribution in [-0.2, 0) is 16.8 Å². The lowest BCUT2D eigenvalue weighted by Gasteiger charge is -2.39. The number of hydrogen-bond acceptors (Lipinski definition) is 5. The van der Waals surface area contributed by atoms with E-state index in [1.54, 1.807) is 36.4 Å². The summed E-state index contributed by atoms with van der Waals surface area (Å²) in [5.41, 5.74) is 4.86. The van der Waals surface area contributed by atoms with Crippen molar-refractivity contribution in [2.24, 2.45) is 0 Å². The molecule has 1 aliphatic rings. The van der Waals surface area contributed by atoms with Gasteiger partial charge in [-0.15, -0.1) is 0 Å². The Balaban J connectivity index is 1.38. The Morgan fingerprint density at radius 1 is 1.11 bits per heavy atom. The van der Waals surface area contributed by atoms with Gasteiger partial charge in [-0.05, 0) is 59.4 Å². The number of nitrogens with zero attached hydrogens (tertiary/aromatic N) is 3. The number of anilines is 3. The van der Waals surface area contributed by atoms with Gasteiger partial charge in [-0.2, -0.15) is 0 Å². The number of pyridine rings is 2. The Kier molecular flexibility index (Phi) is 5.72. The molecule has 3 N–H and O–H groups in total. The Bertz CT molecular complexity index is 1420. The average molecular weight is 469 g/mol. The van der Waals surface area contributed by atoms with Crippen molar-refractivity contribution in [3.8, 4) is 0 Å². The number of hydrogen-bond donors (Lipinski definition) is 3. The van der Waals surface area contributed by atoms with Crippen LogP contribution >= 0.6 is 0 Å². The van der Waals surface area contributed by atoms with E-state index in [0.717, 1.165) is 34.3 Å². The van der Waals surface area contributed by atoms with Gasteiger partial charge in [-0.25, -0.2) is 9.97 Å². The molecule has 8 heteroatoms. The molecule has 5 rings (SSSR count). The van der Waals surface area contributed by atoms with Crippen molar-refractivity contribution >= 4 is 40.0 Å². The van der Waals surface area contributed by atoms with E-state index in [1.165, 1.54) is 0 Å². The second-order valence-electron chi connectivity index (χ2n) is 9.45. The second kappa shape index (κ2) is 8.87. The van der Waals surface area contributed by atoms with Crippen molar-refractivity contribution in [1.29, 1.82) is 0 Å². The summed E-state index contributed by atoms with van der Waals surface area (Å²) in [7, 11) is 0. The van der Waals surface area contributed by atoms with E-state index in [1.807, 2.05) is 36.5 Å². The van der Waals surface area contributed by atoms with Gasteiger partial charge >= 0.3 is 0 Å². The van der Waals surface area contributed by atoms with Crippen molar-refractivity contribution in [3.63, 3.8) is 0 Å². The quantitative estimate of drug-likeness (QED) is 0.388. The fourth-order valence-corrected chi connectivity index (χ4v) is 4.66. The molecule has 178 valence electrons. The van der Waals surface area contributed by atoms with Crippen molar-refractivity contribution in [3.05, 3.63) is 77.7 Å². The Morgan fingerprint density at radius 2 is 1.97 bits per heavy atom. The highest BCUT2D eigenvalue weighted by molar-refractivity contribution is 6.08. The first-order chi connectivity index (χ1) is 16.8. The van der Waals surface area contributed by atoms with Crippen LogP contribution in [0.5, 0.6) is 0 Å². The molecule has 4 heterocycles. The summed E-state index contributed by atoms with van der Waals surface area (Å²) in [6.07, 6.45) is 6.16. The zero-order valence-corrected chi connectivity index (χ0v) is 20.1. The Labute approximate surface area is 203 Å². The van der Waals surface area contributed by atoms with Gasteiger partial charge in [-0.3, -0.25) is 9.59 Å². The Morgan fingerprint density at radius 3 is 2.80 bits per heavy atom. The second-order valence-corrected chi connectivity index (χ2v) is 9.45. The molecular formula is C27H28N6O2. The van der Waals surface area contributed by atoms with Gasteiger partial charge in [0.15, 0.2) is 0 Å². The molecule has 35 heavy (non-hydrogen) atoms. The minimum atomic E-state index is -0.272. The van der Waals surface area contributed by atoms with Crippen LogP contribution in [0.4, 0.5) is 17.2 Å². The smallest absolute Gasteiger partial charge is 0.259 e. The molecule has 0 bridgehead atoms. The molecule has 0 radical (unpaired) electrons. The lowest BCUT2D eigenvalue weighted by Crippen LogP contribution is -2.40. The number of fused-ring (bicyclic) bond motifs is 2. The summed E-state index contributed by atoms with van der Waals surface area (Å²) in [5, 5.41) is 7.30. The van der Waals surface area contributed by atoms with Crippen molar-refractivity contribution in [1.82, 2.24) is 15.0 Å². The first-order valence-corrected chi connectivity index (χ1v) is 11.7. The van der Waals surface area contributed by atoms with Gasteiger partial charge in [0.25, 0.3) is 5.91 Å². The summed E-state index contributed by atoms with van der Waals surface area (Å²) in [5.74, 6) is 0.220. The fourth-order valence-electron chi connectivity index (χ4n) is 4.66. The van der Waals surface area contributed by atoms with E-state index in [-0.39, 0.29) is 17.2 Å². The molecule has 0 spiro atoms. The molecule has 3 aromatic heterocycles. The van der Waals surface area contributed by atoms with Crippen molar-refractivity contribution in [2.75, 3.05) is 22.1 Å². The van der Waals surface area contributed by atoms with Crippen LogP contribution in [0.25, 0.3) is 11.0 Å².